The van der Waals surface area contributed by atoms with Gasteiger partial charge in [-0.3, -0.25) is 0 Å². The van der Waals surface area contributed by atoms with Gasteiger partial charge in [-0.15, -0.1) is 0 Å². The van der Waals surface area contributed by atoms with Crippen molar-refractivity contribution in [3.63, 3.8) is 0 Å². The van der Waals surface area contributed by atoms with Gasteiger partial charge in [-0.05, 0) is 37.0 Å². The molecule has 0 saturated heterocycles. The lowest BCUT2D eigenvalue weighted by atomic mass is 9.78. The summed E-state index contributed by atoms with van der Waals surface area (Å²) in [7, 11) is 0. The SMILES string of the molecule is O=C(NCC1(c2ccc3c(c2)OCCO3)CCCC1)N[C@@H]1C=C[C@H](CO)C1. The number of fused-ring (bicyclic) bond motifs is 1. The molecule has 1 heterocycles. The maximum Gasteiger partial charge on any atom is 0.315 e. The van der Waals surface area contributed by atoms with Gasteiger partial charge in [-0.25, -0.2) is 4.79 Å². The third kappa shape index (κ3) is 3.90. The molecule has 1 aromatic rings. The molecule has 1 fully saturated rings. The van der Waals surface area contributed by atoms with Crippen molar-refractivity contribution in [2.75, 3.05) is 26.4 Å². The maximum atomic E-state index is 12.4. The van der Waals surface area contributed by atoms with Gasteiger partial charge in [-0.2, -0.15) is 0 Å². The highest BCUT2D eigenvalue weighted by Gasteiger charge is 2.37. The van der Waals surface area contributed by atoms with E-state index < -0.39 is 0 Å². The number of aliphatic hydroxyl groups is 1. The van der Waals surface area contributed by atoms with Crippen LogP contribution in [-0.4, -0.2) is 43.5 Å². The molecule has 0 unspecified atom stereocenters. The van der Waals surface area contributed by atoms with Gasteiger partial charge in [0.05, 0.1) is 0 Å². The van der Waals surface area contributed by atoms with E-state index in [0.717, 1.165) is 30.8 Å². The fraction of sp³-hybridized carbons (Fsp3) is 0.571. The average Bonchev–Trinajstić information content (AvgIpc) is 3.36. The summed E-state index contributed by atoms with van der Waals surface area (Å²) >= 11 is 0. The van der Waals surface area contributed by atoms with Gasteiger partial charge in [0.1, 0.15) is 13.2 Å². The normalized spacial score (nSPS) is 25.4. The smallest absolute Gasteiger partial charge is 0.315 e. The summed E-state index contributed by atoms with van der Waals surface area (Å²) in [4.78, 5) is 12.4. The molecule has 2 aliphatic carbocycles. The van der Waals surface area contributed by atoms with Crippen molar-refractivity contribution in [1.82, 2.24) is 10.6 Å². The van der Waals surface area contributed by atoms with Crippen molar-refractivity contribution in [2.24, 2.45) is 5.92 Å². The van der Waals surface area contributed by atoms with Gasteiger partial charge in [0.2, 0.25) is 0 Å². The first kappa shape index (κ1) is 18.2. The Hall–Kier alpha value is -2.21. The molecular formula is C21H28N2O4. The van der Waals surface area contributed by atoms with E-state index in [1.165, 1.54) is 18.4 Å². The molecule has 1 saturated carbocycles. The largest absolute Gasteiger partial charge is 0.486 e. The molecular weight excluding hydrogens is 344 g/mol. The lowest BCUT2D eigenvalue weighted by molar-refractivity contribution is 0.171. The lowest BCUT2D eigenvalue weighted by Gasteiger charge is -2.31. The third-order valence-electron chi connectivity index (χ3n) is 6.03. The Morgan fingerprint density at radius 2 is 1.93 bits per heavy atom. The number of aliphatic hydroxyl groups excluding tert-OH is 1. The predicted octanol–water partition coefficient (Wildman–Crippen LogP) is 2.51. The van der Waals surface area contributed by atoms with Crippen molar-refractivity contribution in [2.45, 2.75) is 43.6 Å². The monoisotopic (exact) mass is 372 g/mol. The fourth-order valence-electron chi connectivity index (χ4n) is 4.48. The first-order valence-corrected chi connectivity index (χ1v) is 9.92. The number of hydrogen-bond donors (Lipinski definition) is 3. The summed E-state index contributed by atoms with van der Waals surface area (Å²) in [6.07, 6.45) is 9.15. The van der Waals surface area contributed by atoms with Crippen LogP contribution < -0.4 is 20.1 Å². The Balaban J connectivity index is 1.40. The summed E-state index contributed by atoms with van der Waals surface area (Å²) in [5.74, 6) is 1.75. The number of benzene rings is 1. The van der Waals surface area contributed by atoms with E-state index in [0.29, 0.717) is 19.8 Å². The average molecular weight is 372 g/mol. The summed E-state index contributed by atoms with van der Waals surface area (Å²) in [5.41, 5.74) is 1.16. The van der Waals surface area contributed by atoms with Crippen molar-refractivity contribution in [3.05, 3.63) is 35.9 Å². The molecule has 146 valence electrons. The van der Waals surface area contributed by atoms with Crippen molar-refractivity contribution < 1.29 is 19.4 Å². The van der Waals surface area contributed by atoms with Crippen LogP contribution in [0.25, 0.3) is 0 Å². The molecule has 4 rings (SSSR count). The number of carbonyl (C=O) groups excluding carboxylic acids is 1. The zero-order valence-electron chi connectivity index (χ0n) is 15.6. The van der Waals surface area contributed by atoms with Crippen LogP contribution in [0.4, 0.5) is 4.79 Å². The van der Waals surface area contributed by atoms with Crippen molar-refractivity contribution in [1.29, 1.82) is 0 Å². The zero-order chi connectivity index (χ0) is 18.7. The first-order valence-electron chi connectivity index (χ1n) is 9.92. The van der Waals surface area contributed by atoms with E-state index in [2.05, 4.69) is 22.8 Å². The Bertz CT molecular complexity index is 712. The Labute approximate surface area is 159 Å². The van der Waals surface area contributed by atoms with Gasteiger partial charge in [0.15, 0.2) is 11.5 Å². The standard InChI is InChI=1S/C21H28N2O4/c24-13-15-3-5-17(11-15)23-20(25)22-14-21(7-1-2-8-21)16-4-6-18-19(12-16)27-10-9-26-18/h3-6,12,15,17,24H,1-2,7-11,13-14H2,(H2,22,23,25)/t15-,17+/m0/s1. The highest BCUT2D eigenvalue weighted by Crippen LogP contribution is 2.43. The molecule has 0 aromatic heterocycles. The Morgan fingerprint density at radius 3 is 2.67 bits per heavy atom. The van der Waals surface area contributed by atoms with E-state index >= 15 is 0 Å². The van der Waals surface area contributed by atoms with Crippen LogP contribution >= 0.6 is 0 Å². The molecule has 2 atom stereocenters. The van der Waals surface area contributed by atoms with Crippen molar-refractivity contribution in [3.8, 4) is 11.5 Å². The molecule has 0 spiro atoms. The Kier molecular flexibility index (Phi) is 5.25. The van der Waals surface area contributed by atoms with Gasteiger partial charge >= 0.3 is 6.03 Å². The second kappa shape index (κ2) is 7.80. The quantitative estimate of drug-likeness (QED) is 0.694. The maximum absolute atomic E-state index is 12.4. The number of ether oxygens (including phenoxy) is 2. The van der Waals surface area contributed by atoms with E-state index in [-0.39, 0.29) is 30.0 Å². The molecule has 1 aromatic carbocycles. The van der Waals surface area contributed by atoms with Gasteiger partial charge < -0.3 is 25.2 Å². The highest BCUT2D eigenvalue weighted by atomic mass is 16.6. The predicted molar refractivity (Wildman–Crippen MR) is 102 cm³/mol. The fourth-order valence-corrected chi connectivity index (χ4v) is 4.48. The topological polar surface area (TPSA) is 79.8 Å². The summed E-state index contributed by atoms with van der Waals surface area (Å²) in [6, 6.07) is 6.04. The number of carbonyl (C=O) groups is 1. The molecule has 3 N–H and O–H groups in total. The van der Waals surface area contributed by atoms with Crippen LogP contribution in [-0.2, 0) is 5.41 Å². The Morgan fingerprint density at radius 1 is 1.15 bits per heavy atom. The lowest BCUT2D eigenvalue weighted by Crippen LogP contribution is -2.46. The molecule has 0 radical (unpaired) electrons. The van der Waals surface area contributed by atoms with Crippen LogP contribution in [0.3, 0.4) is 0 Å². The minimum absolute atomic E-state index is 0.00373. The minimum atomic E-state index is -0.146. The molecule has 0 bridgehead atoms. The number of rotatable bonds is 5. The summed E-state index contributed by atoms with van der Waals surface area (Å²) in [6.45, 7) is 1.90. The van der Waals surface area contributed by atoms with Crippen LogP contribution in [0, 0.1) is 5.92 Å². The van der Waals surface area contributed by atoms with Crippen LogP contribution in [0.2, 0.25) is 0 Å². The number of amides is 2. The zero-order valence-corrected chi connectivity index (χ0v) is 15.6. The van der Waals surface area contributed by atoms with Crippen LogP contribution in [0.5, 0.6) is 11.5 Å². The summed E-state index contributed by atoms with van der Waals surface area (Å²) in [5, 5.41) is 15.3. The van der Waals surface area contributed by atoms with E-state index in [9.17, 15) is 9.90 Å². The van der Waals surface area contributed by atoms with E-state index in [1.807, 2.05) is 18.2 Å². The first-order chi connectivity index (χ1) is 13.2. The third-order valence-corrected chi connectivity index (χ3v) is 6.03. The van der Waals surface area contributed by atoms with Crippen molar-refractivity contribution >= 4 is 6.03 Å². The molecule has 6 nitrogen and oxygen atoms in total. The molecule has 1 aliphatic heterocycles. The number of urea groups is 1. The molecule has 6 heteroatoms. The second-order valence-corrected chi connectivity index (χ2v) is 7.84. The van der Waals surface area contributed by atoms with Crippen LogP contribution in [0.1, 0.15) is 37.7 Å². The van der Waals surface area contributed by atoms with E-state index in [4.69, 9.17) is 9.47 Å². The van der Waals surface area contributed by atoms with E-state index in [1.54, 1.807) is 0 Å². The number of hydrogen-bond acceptors (Lipinski definition) is 4. The van der Waals surface area contributed by atoms with Crippen LogP contribution in [0.15, 0.2) is 30.4 Å². The van der Waals surface area contributed by atoms with Gasteiger partial charge in [0.25, 0.3) is 0 Å². The van der Waals surface area contributed by atoms with Gasteiger partial charge in [-0.1, -0.05) is 31.1 Å². The summed E-state index contributed by atoms with van der Waals surface area (Å²) < 4.78 is 11.4. The second-order valence-electron chi connectivity index (χ2n) is 7.84. The molecule has 27 heavy (non-hydrogen) atoms. The highest BCUT2D eigenvalue weighted by molar-refractivity contribution is 5.74. The molecule has 2 amide bonds. The number of nitrogens with one attached hydrogen (secondary N) is 2. The minimum Gasteiger partial charge on any atom is -0.486 e. The van der Waals surface area contributed by atoms with Gasteiger partial charge in [0, 0.05) is 30.5 Å². The molecule has 3 aliphatic rings.